The van der Waals surface area contributed by atoms with E-state index >= 15 is 0 Å². The zero-order valence-electron chi connectivity index (χ0n) is 13.5. The quantitative estimate of drug-likeness (QED) is 0.770. The highest BCUT2D eigenvalue weighted by Crippen LogP contribution is 2.44. The topological polar surface area (TPSA) is 46.6 Å². The third-order valence-electron chi connectivity index (χ3n) is 4.58. The summed E-state index contributed by atoms with van der Waals surface area (Å²) in [5, 5.41) is -0.0637. The van der Waals surface area contributed by atoms with Gasteiger partial charge < -0.3 is 9.64 Å². The number of benzene rings is 1. The molecule has 1 saturated carbocycles. The zero-order chi connectivity index (χ0) is 16.2. The van der Waals surface area contributed by atoms with Crippen molar-refractivity contribution >= 4 is 23.6 Å². The Bertz CT molecular complexity index is 583. The van der Waals surface area contributed by atoms with Crippen molar-refractivity contribution in [2.24, 2.45) is 0 Å². The Morgan fingerprint density at radius 3 is 2.74 bits per heavy atom. The van der Waals surface area contributed by atoms with E-state index < -0.39 is 0 Å². The lowest BCUT2D eigenvalue weighted by Gasteiger charge is -2.35. The minimum atomic E-state index is -0.210. The largest absolute Gasteiger partial charge is 0.465 e. The Labute approximate surface area is 141 Å². The van der Waals surface area contributed by atoms with Crippen LogP contribution in [-0.2, 0) is 9.53 Å². The normalized spacial score (nSPS) is 21.3. The molecule has 1 heterocycles. The standard InChI is InChI=1S/C18H23NO3S/c1-2-22-16(20)12-23-18-15-11-7-6-10-14(15)17(21)19(18)13-8-4-3-5-9-13/h6-7,10-11,13,18H,2-5,8-9,12H2,1H3/t18-/m1/s1. The molecule has 2 aliphatic rings. The monoisotopic (exact) mass is 333 g/mol. The molecule has 1 aromatic carbocycles. The molecule has 0 saturated heterocycles. The molecule has 3 rings (SSSR count). The number of fused-ring (bicyclic) bond motifs is 1. The highest BCUT2D eigenvalue weighted by atomic mass is 32.2. The Hall–Kier alpha value is -1.49. The third kappa shape index (κ3) is 3.39. The molecule has 1 atom stereocenters. The van der Waals surface area contributed by atoms with E-state index in [0.29, 0.717) is 12.6 Å². The van der Waals surface area contributed by atoms with E-state index in [9.17, 15) is 9.59 Å². The van der Waals surface area contributed by atoms with Crippen LogP contribution in [0, 0.1) is 0 Å². The molecule has 5 heteroatoms. The maximum atomic E-state index is 12.9. The molecule has 4 nitrogen and oxygen atoms in total. The lowest BCUT2D eigenvalue weighted by atomic mass is 9.94. The van der Waals surface area contributed by atoms with Gasteiger partial charge in [-0.25, -0.2) is 0 Å². The van der Waals surface area contributed by atoms with Crippen molar-refractivity contribution in [2.75, 3.05) is 12.4 Å². The van der Waals surface area contributed by atoms with Crippen molar-refractivity contribution in [3.8, 4) is 0 Å². The summed E-state index contributed by atoms with van der Waals surface area (Å²) in [5.74, 6) is 0.190. The van der Waals surface area contributed by atoms with E-state index in [1.807, 2.05) is 36.1 Å². The van der Waals surface area contributed by atoms with Crippen molar-refractivity contribution in [3.63, 3.8) is 0 Å². The lowest BCUT2D eigenvalue weighted by Crippen LogP contribution is -2.39. The van der Waals surface area contributed by atoms with Gasteiger partial charge in [0.25, 0.3) is 5.91 Å². The summed E-state index contributed by atoms with van der Waals surface area (Å²) in [6.45, 7) is 2.21. The van der Waals surface area contributed by atoms with Crippen LogP contribution in [0.15, 0.2) is 24.3 Å². The van der Waals surface area contributed by atoms with Gasteiger partial charge in [0.05, 0.1) is 12.4 Å². The molecule has 1 aromatic rings. The number of hydrogen-bond donors (Lipinski definition) is 0. The van der Waals surface area contributed by atoms with E-state index in [2.05, 4.69) is 0 Å². The lowest BCUT2D eigenvalue weighted by molar-refractivity contribution is -0.139. The molecule has 124 valence electrons. The van der Waals surface area contributed by atoms with Gasteiger partial charge in [0.15, 0.2) is 0 Å². The predicted molar refractivity (Wildman–Crippen MR) is 91.3 cm³/mol. The third-order valence-corrected chi connectivity index (χ3v) is 5.78. The molecule has 0 aromatic heterocycles. The molecule has 1 aliphatic carbocycles. The number of ether oxygens (including phenoxy) is 1. The number of thioether (sulfide) groups is 1. The van der Waals surface area contributed by atoms with Gasteiger partial charge in [-0.05, 0) is 31.4 Å². The smallest absolute Gasteiger partial charge is 0.315 e. The summed E-state index contributed by atoms with van der Waals surface area (Å²) in [6.07, 6.45) is 5.75. The second kappa shape index (κ2) is 7.39. The average Bonchev–Trinajstić information content (AvgIpc) is 2.87. The summed E-state index contributed by atoms with van der Waals surface area (Å²) in [5.41, 5.74) is 1.83. The van der Waals surface area contributed by atoms with Crippen LogP contribution in [0.25, 0.3) is 0 Å². The first-order valence-corrected chi connectivity index (χ1v) is 9.46. The fourth-order valence-corrected chi connectivity index (χ4v) is 4.73. The first kappa shape index (κ1) is 16.4. The fraction of sp³-hybridized carbons (Fsp3) is 0.556. The number of rotatable bonds is 5. The summed E-state index contributed by atoms with van der Waals surface area (Å²) in [6, 6.07) is 8.09. The second-order valence-electron chi connectivity index (χ2n) is 6.06. The minimum absolute atomic E-state index is 0.0637. The number of hydrogen-bond acceptors (Lipinski definition) is 4. The Morgan fingerprint density at radius 2 is 2.00 bits per heavy atom. The second-order valence-corrected chi connectivity index (χ2v) is 7.13. The molecule has 1 fully saturated rings. The SMILES string of the molecule is CCOC(=O)CS[C@@H]1c2ccccc2C(=O)N1C1CCCCC1. The van der Waals surface area contributed by atoms with E-state index in [1.165, 1.54) is 31.0 Å². The van der Waals surface area contributed by atoms with E-state index in [0.717, 1.165) is 24.0 Å². The van der Waals surface area contributed by atoms with Gasteiger partial charge in [-0.15, -0.1) is 11.8 Å². The number of amides is 1. The van der Waals surface area contributed by atoms with Crippen LogP contribution < -0.4 is 0 Å². The van der Waals surface area contributed by atoms with Crippen molar-refractivity contribution in [1.29, 1.82) is 0 Å². The van der Waals surface area contributed by atoms with E-state index in [4.69, 9.17) is 4.74 Å². The molecule has 0 N–H and O–H groups in total. The zero-order valence-corrected chi connectivity index (χ0v) is 14.3. The van der Waals surface area contributed by atoms with Crippen LogP contribution >= 0.6 is 11.8 Å². The molecule has 0 unspecified atom stereocenters. The molecular weight excluding hydrogens is 310 g/mol. The molecule has 0 spiro atoms. The Kier molecular flexibility index (Phi) is 5.26. The average molecular weight is 333 g/mol. The van der Waals surface area contributed by atoms with E-state index in [1.54, 1.807) is 0 Å². The van der Waals surface area contributed by atoms with Crippen LogP contribution in [0.3, 0.4) is 0 Å². The first-order valence-electron chi connectivity index (χ1n) is 8.41. The molecular formula is C18H23NO3S. The maximum absolute atomic E-state index is 12.9. The molecule has 1 amide bonds. The van der Waals surface area contributed by atoms with Gasteiger partial charge in [0.2, 0.25) is 0 Å². The van der Waals surface area contributed by atoms with Gasteiger partial charge in [0, 0.05) is 11.6 Å². The summed E-state index contributed by atoms with van der Waals surface area (Å²) >= 11 is 1.51. The highest BCUT2D eigenvalue weighted by Gasteiger charge is 2.41. The Morgan fingerprint density at radius 1 is 1.26 bits per heavy atom. The summed E-state index contributed by atoms with van der Waals surface area (Å²) in [7, 11) is 0. The van der Waals surface area contributed by atoms with Crippen LogP contribution in [-0.4, -0.2) is 35.2 Å². The fourth-order valence-electron chi connectivity index (χ4n) is 3.54. The Balaban J connectivity index is 1.81. The van der Waals surface area contributed by atoms with Crippen molar-refractivity contribution in [3.05, 3.63) is 35.4 Å². The molecule has 0 bridgehead atoms. The number of esters is 1. The number of carbonyl (C=O) groups excluding carboxylic acids is 2. The van der Waals surface area contributed by atoms with Crippen LogP contribution in [0.4, 0.5) is 0 Å². The van der Waals surface area contributed by atoms with Crippen molar-refractivity contribution < 1.29 is 14.3 Å². The number of nitrogens with zero attached hydrogens (tertiary/aromatic N) is 1. The molecule has 1 aliphatic heterocycles. The predicted octanol–water partition coefficient (Wildman–Crippen LogP) is 3.77. The van der Waals surface area contributed by atoms with Crippen LogP contribution in [0.2, 0.25) is 0 Å². The van der Waals surface area contributed by atoms with Crippen molar-refractivity contribution in [2.45, 2.75) is 50.4 Å². The van der Waals surface area contributed by atoms with Gasteiger partial charge in [-0.3, -0.25) is 9.59 Å². The minimum Gasteiger partial charge on any atom is -0.465 e. The highest BCUT2D eigenvalue weighted by molar-refractivity contribution is 8.00. The van der Waals surface area contributed by atoms with Gasteiger partial charge in [-0.2, -0.15) is 0 Å². The summed E-state index contributed by atoms with van der Waals surface area (Å²) < 4.78 is 5.03. The van der Waals surface area contributed by atoms with Gasteiger partial charge in [0.1, 0.15) is 5.37 Å². The van der Waals surface area contributed by atoms with Crippen LogP contribution in [0.5, 0.6) is 0 Å². The molecule has 0 radical (unpaired) electrons. The van der Waals surface area contributed by atoms with Gasteiger partial charge >= 0.3 is 5.97 Å². The van der Waals surface area contributed by atoms with Gasteiger partial charge in [-0.1, -0.05) is 37.5 Å². The van der Waals surface area contributed by atoms with Crippen molar-refractivity contribution in [1.82, 2.24) is 4.90 Å². The number of carbonyl (C=O) groups is 2. The van der Waals surface area contributed by atoms with E-state index in [-0.39, 0.29) is 23.0 Å². The molecule has 23 heavy (non-hydrogen) atoms. The van der Waals surface area contributed by atoms with Crippen LogP contribution in [0.1, 0.15) is 60.3 Å². The first-order chi connectivity index (χ1) is 11.2. The maximum Gasteiger partial charge on any atom is 0.315 e. The summed E-state index contributed by atoms with van der Waals surface area (Å²) in [4.78, 5) is 26.6.